The van der Waals surface area contributed by atoms with Gasteiger partial charge < -0.3 is 5.32 Å². The molecule has 0 aromatic heterocycles. The molecule has 1 rings (SSSR count). The van der Waals surface area contributed by atoms with Crippen molar-refractivity contribution in [2.24, 2.45) is 0 Å². The minimum atomic E-state index is -0.929. The molecule has 0 aliphatic heterocycles. The normalized spacial score (nSPS) is 12.9. The van der Waals surface area contributed by atoms with E-state index in [0.717, 1.165) is 16.5 Å². The highest BCUT2D eigenvalue weighted by Crippen LogP contribution is 2.24. The molecule has 0 saturated heterocycles. The van der Waals surface area contributed by atoms with Gasteiger partial charge in [-0.05, 0) is 30.7 Å². The largest absolute Gasteiger partial charge is 0.317 e. The summed E-state index contributed by atoms with van der Waals surface area (Å²) < 4.78 is 14.5. The molecule has 0 radical (unpaired) electrons. The minimum Gasteiger partial charge on any atom is -0.317 e. The molecule has 0 aliphatic rings. The van der Waals surface area contributed by atoms with Crippen molar-refractivity contribution in [2.45, 2.75) is 19.5 Å². The van der Waals surface area contributed by atoms with Crippen LogP contribution < -0.4 is 5.32 Å². The Morgan fingerprint density at radius 1 is 1.50 bits per heavy atom. The van der Waals surface area contributed by atoms with Crippen molar-refractivity contribution >= 4 is 15.9 Å². The topological polar surface area (TPSA) is 12.0 Å². The molecule has 0 heterocycles. The lowest BCUT2D eigenvalue weighted by molar-refractivity contribution is 0.335. The Morgan fingerprint density at radius 3 is 2.71 bits per heavy atom. The van der Waals surface area contributed by atoms with Gasteiger partial charge in [-0.25, -0.2) is 4.39 Å². The summed E-state index contributed by atoms with van der Waals surface area (Å²) in [6.07, 6.45) is 0.0336. The zero-order valence-corrected chi connectivity index (χ0v) is 10.1. The molecule has 0 saturated carbocycles. The number of benzene rings is 1. The number of alkyl halides is 1. The molecule has 1 aromatic rings. The number of rotatable bonds is 4. The first-order valence-electron chi connectivity index (χ1n) is 4.76. The van der Waals surface area contributed by atoms with Crippen molar-refractivity contribution in [3.8, 4) is 0 Å². The second-order valence-corrected chi connectivity index (χ2v) is 4.08. The van der Waals surface area contributed by atoms with Crippen LogP contribution in [0.3, 0.4) is 0 Å². The van der Waals surface area contributed by atoms with Crippen LogP contribution in [0.5, 0.6) is 0 Å². The molecule has 0 spiro atoms. The molecule has 0 aliphatic carbocycles. The van der Waals surface area contributed by atoms with E-state index in [0.29, 0.717) is 6.54 Å². The summed E-state index contributed by atoms with van der Waals surface area (Å²) in [5.41, 5.74) is 1.94. The maximum Gasteiger partial charge on any atom is 0.138 e. The number of hydrogen-bond acceptors (Lipinski definition) is 1. The van der Waals surface area contributed by atoms with E-state index < -0.39 is 6.17 Å². The van der Waals surface area contributed by atoms with E-state index in [2.05, 4.69) is 28.2 Å². The maximum atomic E-state index is 13.5. The number of likely N-dealkylation sites (N-methyl/N-ethyl adjacent to an activating group) is 1. The van der Waals surface area contributed by atoms with E-state index in [1.807, 2.05) is 18.2 Å². The number of halogens is 2. The lowest BCUT2D eigenvalue weighted by Gasteiger charge is -2.09. The van der Waals surface area contributed by atoms with E-state index in [-0.39, 0.29) is 0 Å². The molecule has 14 heavy (non-hydrogen) atoms. The lowest BCUT2D eigenvalue weighted by Crippen LogP contribution is -2.13. The zero-order chi connectivity index (χ0) is 10.6. The van der Waals surface area contributed by atoms with E-state index in [4.69, 9.17) is 0 Å². The fraction of sp³-hybridized carbons (Fsp3) is 0.455. The Morgan fingerprint density at radius 2 is 2.21 bits per heavy atom. The fourth-order valence-corrected chi connectivity index (χ4v) is 2.02. The molecule has 0 amide bonds. The molecule has 3 heteroatoms. The van der Waals surface area contributed by atoms with Crippen LogP contribution in [-0.2, 0) is 6.42 Å². The zero-order valence-electron chi connectivity index (χ0n) is 8.48. The van der Waals surface area contributed by atoms with Crippen LogP contribution in [0.2, 0.25) is 0 Å². The molecule has 1 atom stereocenters. The van der Waals surface area contributed by atoms with Gasteiger partial charge in [0.25, 0.3) is 0 Å². The summed E-state index contributed by atoms with van der Waals surface area (Å²) in [6, 6.07) is 5.69. The van der Waals surface area contributed by atoms with Gasteiger partial charge in [0.05, 0.1) is 0 Å². The van der Waals surface area contributed by atoms with Gasteiger partial charge in [0.15, 0.2) is 0 Å². The van der Waals surface area contributed by atoms with Crippen molar-refractivity contribution in [1.29, 1.82) is 0 Å². The first-order chi connectivity index (χ1) is 6.69. The predicted molar refractivity (Wildman–Crippen MR) is 61.3 cm³/mol. The first kappa shape index (κ1) is 11.7. The van der Waals surface area contributed by atoms with Crippen LogP contribution in [0, 0.1) is 0 Å². The van der Waals surface area contributed by atoms with Gasteiger partial charge in [0.2, 0.25) is 0 Å². The highest BCUT2D eigenvalue weighted by atomic mass is 79.9. The second kappa shape index (κ2) is 5.47. The standard InChI is InChI=1S/C11H15BrFN/c1-3-8-4-5-9(6-10(8)12)11(13)7-14-2/h4-6,11,14H,3,7H2,1-2H3. The summed E-state index contributed by atoms with van der Waals surface area (Å²) >= 11 is 3.44. The van der Waals surface area contributed by atoms with Gasteiger partial charge >= 0.3 is 0 Å². The SMILES string of the molecule is CCc1ccc(C(F)CNC)cc1Br. The van der Waals surface area contributed by atoms with Crippen LogP contribution in [-0.4, -0.2) is 13.6 Å². The van der Waals surface area contributed by atoms with E-state index >= 15 is 0 Å². The van der Waals surface area contributed by atoms with Crippen LogP contribution >= 0.6 is 15.9 Å². The average molecular weight is 260 g/mol. The smallest absolute Gasteiger partial charge is 0.138 e. The third-order valence-corrected chi connectivity index (χ3v) is 2.94. The molecule has 0 fully saturated rings. The van der Waals surface area contributed by atoms with Gasteiger partial charge in [-0.2, -0.15) is 0 Å². The molecule has 1 aromatic carbocycles. The molecular formula is C11H15BrFN. The minimum absolute atomic E-state index is 0.359. The quantitative estimate of drug-likeness (QED) is 0.876. The summed E-state index contributed by atoms with van der Waals surface area (Å²) in [4.78, 5) is 0. The summed E-state index contributed by atoms with van der Waals surface area (Å²) in [5, 5.41) is 2.82. The summed E-state index contributed by atoms with van der Waals surface area (Å²) in [6.45, 7) is 2.44. The van der Waals surface area contributed by atoms with Gasteiger partial charge in [0.1, 0.15) is 6.17 Å². The van der Waals surface area contributed by atoms with E-state index in [9.17, 15) is 4.39 Å². The Kier molecular flexibility index (Phi) is 4.55. The Bertz CT molecular complexity index is 301. The van der Waals surface area contributed by atoms with Gasteiger partial charge in [0, 0.05) is 11.0 Å². The number of hydrogen-bond donors (Lipinski definition) is 1. The van der Waals surface area contributed by atoms with Crippen molar-refractivity contribution < 1.29 is 4.39 Å². The van der Waals surface area contributed by atoms with Crippen LogP contribution in [0.1, 0.15) is 24.2 Å². The lowest BCUT2D eigenvalue weighted by atomic mass is 10.1. The third-order valence-electron chi connectivity index (χ3n) is 2.20. The van der Waals surface area contributed by atoms with E-state index in [1.54, 1.807) is 7.05 Å². The maximum absolute atomic E-state index is 13.5. The Balaban J connectivity index is 2.85. The van der Waals surface area contributed by atoms with Crippen molar-refractivity contribution in [3.05, 3.63) is 33.8 Å². The molecule has 0 bridgehead atoms. The summed E-state index contributed by atoms with van der Waals surface area (Å²) in [7, 11) is 1.75. The summed E-state index contributed by atoms with van der Waals surface area (Å²) in [5.74, 6) is 0. The highest BCUT2D eigenvalue weighted by Gasteiger charge is 2.09. The first-order valence-corrected chi connectivity index (χ1v) is 5.55. The molecule has 1 nitrogen and oxygen atoms in total. The van der Waals surface area contributed by atoms with Gasteiger partial charge in [-0.1, -0.05) is 35.0 Å². The van der Waals surface area contributed by atoms with Crippen molar-refractivity contribution in [3.63, 3.8) is 0 Å². The van der Waals surface area contributed by atoms with Gasteiger partial charge in [-0.3, -0.25) is 0 Å². The van der Waals surface area contributed by atoms with Crippen LogP contribution in [0.4, 0.5) is 4.39 Å². The second-order valence-electron chi connectivity index (χ2n) is 3.23. The predicted octanol–water partition coefficient (Wildman–Crippen LogP) is 3.24. The average Bonchev–Trinajstić information content (AvgIpc) is 2.18. The molecule has 78 valence electrons. The fourth-order valence-electron chi connectivity index (χ4n) is 1.34. The monoisotopic (exact) mass is 259 g/mol. The number of nitrogens with one attached hydrogen (secondary N) is 1. The van der Waals surface area contributed by atoms with Crippen LogP contribution in [0.25, 0.3) is 0 Å². The Hall–Kier alpha value is -0.410. The number of aryl methyl sites for hydroxylation is 1. The third kappa shape index (κ3) is 2.79. The highest BCUT2D eigenvalue weighted by molar-refractivity contribution is 9.10. The molecule has 1 N–H and O–H groups in total. The molecule has 1 unspecified atom stereocenters. The van der Waals surface area contributed by atoms with E-state index in [1.165, 1.54) is 5.56 Å². The van der Waals surface area contributed by atoms with Crippen molar-refractivity contribution in [1.82, 2.24) is 5.32 Å². The van der Waals surface area contributed by atoms with Crippen molar-refractivity contribution in [2.75, 3.05) is 13.6 Å². The van der Waals surface area contributed by atoms with Crippen LogP contribution in [0.15, 0.2) is 22.7 Å². The Labute approximate surface area is 92.8 Å². The molecular weight excluding hydrogens is 245 g/mol. The van der Waals surface area contributed by atoms with Gasteiger partial charge in [-0.15, -0.1) is 0 Å².